The monoisotopic (exact) mass is 285 g/mol. The molecule has 108 valence electrons. The number of aryl methyl sites for hydroxylation is 1. The van der Waals surface area contributed by atoms with E-state index in [1.807, 2.05) is 4.68 Å². The lowest BCUT2D eigenvalue weighted by Crippen LogP contribution is -2.24. The molecule has 0 aromatic carbocycles. The lowest BCUT2D eigenvalue weighted by molar-refractivity contribution is 0.207. The molecule has 0 spiro atoms. The molecule has 0 aliphatic heterocycles. The molecule has 0 saturated heterocycles. The quantitative estimate of drug-likeness (QED) is 0.904. The summed E-state index contributed by atoms with van der Waals surface area (Å²) in [4.78, 5) is 0.193. The Morgan fingerprint density at radius 1 is 1.16 bits per heavy atom. The molecule has 2 atom stereocenters. The third kappa shape index (κ3) is 2.84. The summed E-state index contributed by atoms with van der Waals surface area (Å²) >= 11 is 0. The van der Waals surface area contributed by atoms with Gasteiger partial charge in [0.15, 0.2) is 0 Å². The summed E-state index contributed by atoms with van der Waals surface area (Å²) in [6, 6.07) is 0.285. The van der Waals surface area contributed by atoms with Gasteiger partial charge in [-0.2, -0.15) is 5.10 Å². The number of aromatic nitrogens is 2. The molecule has 2 N–H and O–H groups in total. The van der Waals surface area contributed by atoms with Crippen LogP contribution in [0.25, 0.3) is 0 Å². The molecule has 0 radical (unpaired) electrons. The highest BCUT2D eigenvalue weighted by Crippen LogP contribution is 2.37. The number of rotatable bonds is 2. The Morgan fingerprint density at radius 2 is 1.68 bits per heavy atom. The summed E-state index contributed by atoms with van der Waals surface area (Å²) in [6.07, 6.45) is 3.34. The van der Waals surface area contributed by atoms with Crippen molar-refractivity contribution >= 4 is 10.0 Å². The molecule has 2 rings (SSSR count). The molecule has 0 amide bonds. The summed E-state index contributed by atoms with van der Waals surface area (Å²) in [5, 5.41) is 9.70. The summed E-state index contributed by atoms with van der Waals surface area (Å²) < 4.78 is 25.1. The fourth-order valence-electron chi connectivity index (χ4n) is 3.52. The van der Waals surface area contributed by atoms with Gasteiger partial charge in [-0.3, -0.25) is 4.68 Å². The van der Waals surface area contributed by atoms with Crippen LogP contribution in [0, 0.1) is 25.7 Å². The van der Waals surface area contributed by atoms with Crippen LogP contribution in [-0.4, -0.2) is 18.2 Å². The first kappa shape index (κ1) is 14.5. The molecule has 1 aliphatic carbocycles. The van der Waals surface area contributed by atoms with Gasteiger partial charge in [-0.05, 0) is 44.9 Å². The van der Waals surface area contributed by atoms with Crippen molar-refractivity contribution in [1.29, 1.82) is 0 Å². The lowest BCUT2D eigenvalue weighted by atomic mass is 9.80. The second-order valence-electron chi connectivity index (χ2n) is 6.06. The van der Waals surface area contributed by atoms with Gasteiger partial charge < -0.3 is 0 Å². The molecule has 5 nitrogen and oxygen atoms in total. The van der Waals surface area contributed by atoms with Gasteiger partial charge in [-0.25, -0.2) is 13.6 Å². The molecule has 19 heavy (non-hydrogen) atoms. The first-order chi connectivity index (χ1) is 8.70. The number of hydrogen-bond acceptors (Lipinski definition) is 3. The summed E-state index contributed by atoms with van der Waals surface area (Å²) in [7, 11) is -3.69. The van der Waals surface area contributed by atoms with Crippen LogP contribution < -0.4 is 5.14 Å². The van der Waals surface area contributed by atoms with Crippen LogP contribution in [0.3, 0.4) is 0 Å². The van der Waals surface area contributed by atoms with E-state index in [0.717, 1.165) is 12.8 Å². The molecule has 2 unspecified atom stereocenters. The molecule has 0 bridgehead atoms. The minimum absolute atomic E-state index is 0.193. The highest BCUT2D eigenvalue weighted by atomic mass is 32.2. The lowest BCUT2D eigenvalue weighted by Gasteiger charge is -2.32. The summed E-state index contributed by atoms with van der Waals surface area (Å²) in [6.45, 7) is 7.99. The van der Waals surface area contributed by atoms with E-state index in [1.54, 1.807) is 13.8 Å². The Hall–Kier alpha value is -0.880. The molecule has 1 aromatic rings. The summed E-state index contributed by atoms with van der Waals surface area (Å²) in [5.74, 6) is 1.30. The van der Waals surface area contributed by atoms with Gasteiger partial charge in [-0.1, -0.05) is 13.8 Å². The van der Waals surface area contributed by atoms with E-state index in [0.29, 0.717) is 23.2 Å². The number of primary sulfonamides is 1. The highest BCUT2D eigenvalue weighted by molar-refractivity contribution is 7.89. The van der Waals surface area contributed by atoms with E-state index in [1.165, 1.54) is 6.42 Å². The standard InChI is InChI=1S/C13H23N3O2S/c1-8-5-9(2)7-12(6-8)16-11(4)13(10(3)15-16)19(14,17)18/h8-9,12H,5-7H2,1-4H3,(H2,14,17,18). The number of nitrogens with two attached hydrogens (primary N) is 1. The Morgan fingerprint density at radius 3 is 2.11 bits per heavy atom. The Balaban J connectivity index is 2.42. The number of hydrogen-bond donors (Lipinski definition) is 1. The van der Waals surface area contributed by atoms with Crippen molar-refractivity contribution in [3.05, 3.63) is 11.4 Å². The minimum atomic E-state index is -3.69. The maximum absolute atomic E-state index is 11.6. The molecular formula is C13H23N3O2S. The van der Waals surface area contributed by atoms with Gasteiger partial charge >= 0.3 is 0 Å². The topological polar surface area (TPSA) is 78.0 Å². The minimum Gasteiger partial charge on any atom is -0.265 e. The van der Waals surface area contributed by atoms with Crippen LogP contribution in [0.15, 0.2) is 4.90 Å². The Kier molecular flexibility index (Phi) is 3.75. The summed E-state index contributed by atoms with van der Waals surface area (Å²) in [5.41, 5.74) is 1.18. The van der Waals surface area contributed by atoms with Crippen molar-refractivity contribution in [2.75, 3.05) is 0 Å². The molecule has 1 fully saturated rings. The molecule has 1 aliphatic rings. The predicted molar refractivity (Wildman–Crippen MR) is 74.3 cm³/mol. The molecule has 1 aromatic heterocycles. The average molecular weight is 285 g/mol. The number of nitrogens with zero attached hydrogens (tertiary/aromatic N) is 2. The fraction of sp³-hybridized carbons (Fsp3) is 0.769. The first-order valence-corrected chi connectivity index (χ1v) is 8.33. The largest absolute Gasteiger partial charge is 0.265 e. The van der Waals surface area contributed by atoms with Gasteiger partial charge in [0.1, 0.15) is 4.90 Å². The highest BCUT2D eigenvalue weighted by Gasteiger charge is 2.29. The van der Waals surface area contributed by atoms with Crippen LogP contribution in [0.2, 0.25) is 0 Å². The zero-order valence-corrected chi connectivity index (χ0v) is 12.9. The first-order valence-electron chi connectivity index (χ1n) is 6.78. The van der Waals surface area contributed by atoms with Gasteiger partial charge in [0.2, 0.25) is 10.0 Å². The van der Waals surface area contributed by atoms with E-state index >= 15 is 0 Å². The van der Waals surface area contributed by atoms with Crippen molar-refractivity contribution < 1.29 is 8.42 Å². The van der Waals surface area contributed by atoms with Crippen molar-refractivity contribution in [2.24, 2.45) is 17.0 Å². The van der Waals surface area contributed by atoms with Gasteiger partial charge in [0, 0.05) is 0 Å². The van der Waals surface area contributed by atoms with Gasteiger partial charge in [-0.15, -0.1) is 0 Å². The zero-order valence-electron chi connectivity index (χ0n) is 12.0. The smallest absolute Gasteiger partial charge is 0.241 e. The average Bonchev–Trinajstić information content (AvgIpc) is 2.51. The van der Waals surface area contributed by atoms with Crippen molar-refractivity contribution in [2.45, 2.75) is 57.9 Å². The van der Waals surface area contributed by atoms with Crippen LogP contribution in [0.1, 0.15) is 50.5 Å². The van der Waals surface area contributed by atoms with Crippen molar-refractivity contribution in [3.63, 3.8) is 0 Å². The Labute approximate surface area is 115 Å². The maximum Gasteiger partial charge on any atom is 0.241 e. The van der Waals surface area contributed by atoms with E-state index in [-0.39, 0.29) is 10.9 Å². The van der Waals surface area contributed by atoms with Gasteiger partial charge in [0.05, 0.1) is 17.4 Å². The second kappa shape index (κ2) is 4.90. The molecule has 1 saturated carbocycles. The fourth-order valence-corrected chi connectivity index (χ4v) is 4.48. The SMILES string of the molecule is Cc1nn(C2CC(C)CC(C)C2)c(C)c1S(N)(=O)=O. The zero-order chi connectivity index (χ0) is 14.4. The third-order valence-corrected chi connectivity index (χ3v) is 5.20. The third-order valence-electron chi connectivity index (χ3n) is 4.04. The Bertz CT molecular complexity index is 567. The van der Waals surface area contributed by atoms with Crippen LogP contribution in [0.4, 0.5) is 0 Å². The van der Waals surface area contributed by atoms with Gasteiger partial charge in [0.25, 0.3) is 0 Å². The van der Waals surface area contributed by atoms with E-state index < -0.39 is 10.0 Å². The van der Waals surface area contributed by atoms with Crippen molar-refractivity contribution in [3.8, 4) is 0 Å². The molecule has 1 heterocycles. The van der Waals surface area contributed by atoms with Crippen LogP contribution >= 0.6 is 0 Å². The normalized spacial score (nSPS) is 28.6. The van der Waals surface area contributed by atoms with Crippen LogP contribution in [-0.2, 0) is 10.0 Å². The second-order valence-corrected chi connectivity index (χ2v) is 7.56. The molecule has 6 heteroatoms. The van der Waals surface area contributed by atoms with Crippen LogP contribution in [0.5, 0.6) is 0 Å². The van der Waals surface area contributed by atoms with E-state index in [4.69, 9.17) is 5.14 Å². The number of sulfonamides is 1. The maximum atomic E-state index is 11.6. The van der Waals surface area contributed by atoms with E-state index in [9.17, 15) is 8.42 Å². The van der Waals surface area contributed by atoms with E-state index in [2.05, 4.69) is 18.9 Å². The predicted octanol–water partition coefficient (Wildman–Crippen LogP) is 2.14. The van der Waals surface area contributed by atoms with Crippen molar-refractivity contribution in [1.82, 2.24) is 9.78 Å². The molecular weight excluding hydrogens is 262 g/mol.